The number of rotatable bonds is 4. The minimum atomic E-state index is 0. The van der Waals surface area contributed by atoms with Gasteiger partial charge in [0, 0.05) is 0 Å². The van der Waals surface area contributed by atoms with E-state index in [0.29, 0.717) is 0 Å². The molecule has 0 nitrogen and oxygen atoms in total. The molecule has 0 bridgehead atoms. The molecule has 0 amide bonds. The van der Waals surface area contributed by atoms with E-state index in [2.05, 4.69) is 13.8 Å². The Morgan fingerprint density at radius 3 is 2.12 bits per heavy atom. The summed E-state index contributed by atoms with van der Waals surface area (Å²) < 4.78 is 0. The Kier molecular flexibility index (Phi) is 18.1. The van der Waals surface area contributed by atoms with Gasteiger partial charge in [0.1, 0.15) is 0 Å². The van der Waals surface area contributed by atoms with Crippen LogP contribution >= 0.6 is 0 Å². The Bertz CT molecular complexity index is 23.6. The molecule has 1 heteroatoms. The van der Waals surface area contributed by atoms with Gasteiger partial charge >= 0.3 is 58.2 Å². The summed E-state index contributed by atoms with van der Waals surface area (Å²) in [6.45, 7) is 5.98. The molecule has 0 aromatic rings. The molecular weight excluding hydrogens is 170 g/mol. The monoisotopic (exact) mass is 184 g/mol. The molecule has 0 aliphatic heterocycles. The van der Waals surface area contributed by atoms with E-state index < -0.39 is 0 Å². The van der Waals surface area contributed by atoms with Crippen LogP contribution in [0.4, 0.5) is 0 Å². The SMILES string of the molecule is [CH2-]CCCCCC.[Rb+]. The second-order valence-corrected chi connectivity index (χ2v) is 1.91. The van der Waals surface area contributed by atoms with Gasteiger partial charge in [-0.2, -0.15) is 6.42 Å². The van der Waals surface area contributed by atoms with E-state index in [1.807, 2.05) is 0 Å². The first kappa shape index (κ1) is 12.5. The van der Waals surface area contributed by atoms with E-state index >= 15 is 0 Å². The van der Waals surface area contributed by atoms with Crippen LogP contribution < -0.4 is 58.2 Å². The van der Waals surface area contributed by atoms with Gasteiger partial charge in [0.15, 0.2) is 0 Å². The first-order valence-corrected chi connectivity index (χ1v) is 3.21. The van der Waals surface area contributed by atoms with Crippen molar-refractivity contribution in [2.24, 2.45) is 0 Å². The van der Waals surface area contributed by atoms with Gasteiger partial charge in [-0.05, 0) is 0 Å². The van der Waals surface area contributed by atoms with Crippen molar-refractivity contribution >= 4 is 0 Å². The zero-order valence-corrected chi connectivity index (χ0v) is 11.2. The first-order valence-electron chi connectivity index (χ1n) is 3.21. The molecule has 0 aliphatic rings. The molecular formula is C7H15Rb. The Hall–Kier alpha value is 1.81. The molecule has 0 N–H and O–H groups in total. The molecule has 8 heavy (non-hydrogen) atoms. The van der Waals surface area contributed by atoms with Gasteiger partial charge in [0.2, 0.25) is 0 Å². The topological polar surface area (TPSA) is 0 Å². The van der Waals surface area contributed by atoms with E-state index in [1.165, 1.54) is 25.7 Å². The summed E-state index contributed by atoms with van der Waals surface area (Å²) >= 11 is 0. The molecule has 0 fully saturated rings. The fourth-order valence-electron chi connectivity index (χ4n) is 0.604. The van der Waals surface area contributed by atoms with Gasteiger partial charge < -0.3 is 6.92 Å². The van der Waals surface area contributed by atoms with Crippen LogP contribution in [0, 0.1) is 6.92 Å². The average Bonchev–Trinajstić information content (AvgIpc) is 1.69. The molecule has 0 spiro atoms. The maximum Gasteiger partial charge on any atom is 1.00 e. The molecule has 0 unspecified atom stereocenters. The molecule has 0 saturated carbocycles. The Morgan fingerprint density at radius 2 is 1.75 bits per heavy atom. The number of unbranched alkanes of at least 4 members (excludes halogenated alkanes) is 4. The molecule has 0 aliphatic carbocycles. The van der Waals surface area contributed by atoms with Crippen LogP contribution in [0.25, 0.3) is 0 Å². The quantitative estimate of drug-likeness (QED) is 0.419. The fourth-order valence-corrected chi connectivity index (χ4v) is 0.604. The maximum atomic E-state index is 3.76. The van der Waals surface area contributed by atoms with Crippen LogP contribution in [-0.2, 0) is 0 Å². The summed E-state index contributed by atoms with van der Waals surface area (Å²) in [5.74, 6) is 0. The predicted molar refractivity (Wildman–Crippen MR) is 34.1 cm³/mol. The zero-order chi connectivity index (χ0) is 5.54. The van der Waals surface area contributed by atoms with Crippen molar-refractivity contribution in [1.82, 2.24) is 0 Å². The fraction of sp³-hybridized carbons (Fsp3) is 0.857. The predicted octanol–water partition coefficient (Wildman–Crippen LogP) is -0.205. The van der Waals surface area contributed by atoms with Gasteiger partial charge in [-0.15, -0.1) is 0 Å². The zero-order valence-electron chi connectivity index (χ0n) is 6.24. The molecule has 0 aromatic carbocycles. The molecule has 0 saturated heterocycles. The second-order valence-electron chi connectivity index (χ2n) is 1.91. The summed E-state index contributed by atoms with van der Waals surface area (Å²) in [6, 6.07) is 0. The van der Waals surface area contributed by atoms with Crippen LogP contribution in [0.5, 0.6) is 0 Å². The largest absolute Gasteiger partial charge is 1.00 e. The third kappa shape index (κ3) is 10.7. The minimum absolute atomic E-state index is 0. The summed E-state index contributed by atoms with van der Waals surface area (Å²) in [7, 11) is 0. The van der Waals surface area contributed by atoms with Crippen LogP contribution in [0.2, 0.25) is 0 Å². The second kappa shape index (κ2) is 11.6. The van der Waals surface area contributed by atoms with Crippen LogP contribution in [-0.4, -0.2) is 0 Å². The van der Waals surface area contributed by atoms with Crippen LogP contribution in [0.1, 0.15) is 39.0 Å². The first-order chi connectivity index (χ1) is 3.41. The smallest absolute Gasteiger partial charge is 0.343 e. The van der Waals surface area contributed by atoms with Crippen molar-refractivity contribution in [3.8, 4) is 0 Å². The van der Waals surface area contributed by atoms with E-state index in [4.69, 9.17) is 0 Å². The van der Waals surface area contributed by atoms with Crippen LogP contribution in [0.3, 0.4) is 0 Å². The van der Waals surface area contributed by atoms with E-state index in [-0.39, 0.29) is 58.2 Å². The Labute approximate surface area is 102 Å². The third-order valence-corrected chi connectivity index (χ3v) is 1.10. The molecule has 0 radical (unpaired) electrons. The normalized spacial score (nSPS) is 8.25. The van der Waals surface area contributed by atoms with Crippen molar-refractivity contribution < 1.29 is 58.2 Å². The standard InChI is InChI=1S/C7H15.Rb/c1-3-5-7-6-4-2;/h1,3-7H2,2H3;/q-1;+1. The van der Waals surface area contributed by atoms with Crippen molar-refractivity contribution in [2.45, 2.75) is 39.0 Å². The molecule has 44 valence electrons. The third-order valence-electron chi connectivity index (χ3n) is 1.10. The Balaban J connectivity index is 0. The van der Waals surface area contributed by atoms with Gasteiger partial charge in [-0.25, -0.2) is 0 Å². The summed E-state index contributed by atoms with van der Waals surface area (Å²) in [4.78, 5) is 0. The summed E-state index contributed by atoms with van der Waals surface area (Å²) in [5.41, 5.74) is 0. The van der Waals surface area contributed by atoms with E-state index in [0.717, 1.165) is 6.42 Å². The molecule has 0 aromatic heterocycles. The van der Waals surface area contributed by atoms with E-state index in [9.17, 15) is 0 Å². The molecule has 0 rings (SSSR count). The van der Waals surface area contributed by atoms with E-state index in [1.54, 1.807) is 0 Å². The maximum absolute atomic E-state index is 3.76. The number of hydrogen-bond acceptors (Lipinski definition) is 0. The summed E-state index contributed by atoms with van der Waals surface area (Å²) in [5, 5.41) is 0. The van der Waals surface area contributed by atoms with Crippen molar-refractivity contribution in [1.29, 1.82) is 0 Å². The van der Waals surface area contributed by atoms with Gasteiger partial charge in [0.25, 0.3) is 0 Å². The van der Waals surface area contributed by atoms with Crippen molar-refractivity contribution in [3.63, 3.8) is 0 Å². The Morgan fingerprint density at radius 1 is 1.12 bits per heavy atom. The average molecular weight is 185 g/mol. The van der Waals surface area contributed by atoms with Crippen LogP contribution in [0.15, 0.2) is 0 Å². The molecule has 0 heterocycles. The number of hydrogen-bond donors (Lipinski definition) is 0. The van der Waals surface area contributed by atoms with Gasteiger partial charge in [-0.3, -0.25) is 0 Å². The van der Waals surface area contributed by atoms with Crippen molar-refractivity contribution in [3.05, 3.63) is 6.92 Å². The van der Waals surface area contributed by atoms with Gasteiger partial charge in [-0.1, -0.05) is 32.6 Å². The molecule has 0 atom stereocenters. The van der Waals surface area contributed by atoms with Crippen molar-refractivity contribution in [2.75, 3.05) is 0 Å². The minimum Gasteiger partial charge on any atom is -0.343 e. The summed E-state index contributed by atoms with van der Waals surface area (Å²) in [6.07, 6.45) is 6.52. The van der Waals surface area contributed by atoms with Gasteiger partial charge in [0.05, 0.1) is 0 Å².